The van der Waals surface area contributed by atoms with Crippen LogP contribution in [-0.2, 0) is 9.59 Å². The van der Waals surface area contributed by atoms with Crippen molar-refractivity contribution < 1.29 is 14.7 Å². The Morgan fingerprint density at radius 1 is 0.848 bits per heavy atom. The summed E-state index contributed by atoms with van der Waals surface area (Å²) in [4.78, 5) is 25.8. The van der Waals surface area contributed by atoms with Crippen LogP contribution < -0.4 is 37.6 Å². The molecule has 33 heavy (non-hydrogen) atoms. The van der Waals surface area contributed by atoms with Gasteiger partial charge in [-0.2, -0.15) is 0 Å². The number of rotatable bonds is 5. The first-order chi connectivity index (χ1) is 15.9. The van der Waals surface area contributed by atoms with Crippen molar-refractivity contribution in [1.82, 2.24) is 36.8 Å². The van der Waals surface area contributed by atoms with Crippen molar-refractivity contribution in [2.45, 2.75) is 49.7 Å². The van der Waals surface area contributed by atoms with Gasteiger partial charge >= 0.3 is 5.97 Å². The second kappa shape index (κ2) is 14.8. The van der Waals surface area contributed by atoms with E-state index in [1.165, 1.54) is 0 Å². The van der Waals surface area contributed by atoms with Crippen LogP contribution in [0.1, 0.15) is 38.5 Å². The lowest BCUT2D eigenvalue weighted by Crippen LogP contribution is -2.65. The van der Waals surface area contributed by atoms with Crippen LogP contribution in [0.25, 0.3) is 0 Å². The lowest BCUT2D eigenvalue weighted by molar-refractivity contribution is -0.137. The first kappa shape index (κ1) is 27.9. The molecule has 0 saturated carbocycles. The van der Waals surface area contributed by atoms with E-state index in [1.807, 2.05) is 0 Å². The van der Waals surface area contributed by atoms with E-state index in [9.17, 15) is 9.59 Å². The van der Waals surface area contributed by atoms with Crippen LogP contribution in [-0.4, -0.2) is 112 Å². The highest BCUT2D eigenvalue weighted by molar-refractivity contribution is 5.77. The Balaban J connectivity index is 2.13. The second-order valence-corrected chi connectivity index (χ2v) is 9.55. The van der Waals surface area contributed by atoms with Crippen LogP contribution >= 0.6 is 0 Å². The molecular weight excluding hydrogens is 424 g/mol. The van der Waals surface area contributed by atoms with E-state index in [4.69, 9.17) is 10.8 Å². The molecule has 2 aliphatic heterocycles. The number of carboxylic acids is 1. The van der Waals surface area contributed by atoms with Crippen LogP contribution in [0.4, 0.5) is 0 Å². The molecule has 1 amide bonds. The van der Waals surface area contributed by atoms with E-state index in [2.05, 4.69) is 43.8 Å². The van der Waals surface area contributed by atoms with Crippen molar-refractivity contribution in [3.63, 3.8) is 0 Å². The third kappa shape index (κ3) is 10.6. The van der Waals surface area contributed by atoms with Gasteiger partial charge in [-0.25, -0.2) is 0 Å². The zero-order valence-corrected chi connectivity index (χ0v) is 20.3. The van der Waals surface area contributed by atoms with Gasteiger partial charge in [0.1, 0.15) is 0 Å². The number of amides is 1. The Bertz CT molecular complexity index is 574. The summed E-state index contributed by atoms with van der Waals surface area (Å²) in [5.74, 6) is -0.976. The molecule has 2 aliphatic rings. The van der Waals surface area contributed by atoms with Crippen molar-refractivity contribution in [2.24, 2.45) is 5.73 Å². The number of nitrogens with one attached hydrogen (secondary N) is 6. The largest absolute Gasteiger partial charge is 0.481 e. The Hall–Kier alpha value is -1.34. The van der Waals surface area contributed by atoms with Gasteiger partial charge in [-0.05, 0) is 65.5 Å². The number of nitrogens with zero attached hydrogens (tertiary/aromatic N) is 1. The third-order valence-corrected chi connectivity index (χ3v) is 6.47. The molecule has 0 aromatic rings. The Labute approximate surface area is 198 Å². The smallest absolute Gasteiger partial charge is 0.303 e. The monoisotopic (exact) mass is 470 g/mol. The number of carbonyl (C=O) groups is 2. The lowest BCUT2D eigenvalue weighted by Gasteiger charge is -2.39. The van der Waals surface area contributed by atoms with Crippen LogP contribution in [0.15, 0.2) is 0 Å². The average molecular weight is 471 g/mol. The maximum absolute atomic E-state index is 12.7. The Morgan fingerprint density at radius 2 is 1.33 bits per heavy atom. The Kier molecular flexibility index (Phi) is 12.5. The van der Waals surface area contributed by atoms with Gasteiger partial charge < -0.3 is 42.7 Å². The molecule has 11 nitrogen and oxygen atoms in total. The van der Waals surface area contributed by atoms with Gasteiger partial charge in [-0.1, -0.05) is 0 Å². The summed E-state index contributed by atoms with van der Waals surface area (Å²) >= 11 is 0. The number of aliphatic carboxylic acids is 1. The van der Waals surface area contributed by atoms with Gasteiger partial charge in [0.05, 0.1) is 11.2 Å². The van der Waals surface area contributed by atoms with Crippen molar-refractivity contribution in [2.75, 3.05) is 79.0 Å². The molecule has 0 aromatic carbocycles. The number of carboxylic acid groups (broad SMARTS) is 1. The van der Waals surface area contributed by atoms with Crippen molar-refractivity contribution >= 4 is 11.9 Å². The molecule has 192 valence electrons. The molecule has 2 rings (SSSR count). The zero-order chi connectivity index (χ0) is 24.0. The van der Waals surface area contributed by atoms with Gasteiger partial charge in [-0.3, -0.25) is 14.5 Å². The van der Waals surface area contributed by atoms with Gasteiger partial charge in [0, 0.05) is 52.1 Å². The number of hydrogen-bond donors (Lipinski definition) is 8. The number of hydrogen-bond acceptors (Lipinski definition) is 9. The van der Waals surface area contributed by atoms with Gasteiger partial charge in [0.2, 0.25) is 5.91 Å². The summed E-state index contributed by atoms with van der Waals surface area (Å²) in [6.07, 6.45) is 3.42. The van der Waals surface area contributed by atoms with Gasteiger partial charge in [0.15, 0.2) is 0 Å². The zero-order valence-electron chi connectivity index (χ0n) is 20.3. The van der Waals surface area contributed by atoms with Gasteiger partial charge in [-0.15, -0.1) is 0 Å². The number of likely N-dealkylation sites (N-methyl/N-ethyl adjacent to an activating group) is 1. The predicted molar refractivity (Wildman–Crippen MR) is 130 cm³/mol. The molecule has 11 heteroatoms. The highest BCUT2D eigenvalue weighted by Crippen LogP contribution is 2.08. The summed E-state index contributed by atoms with van der Waals surface area (Å²) in [7, 11) is 2.09. The standard InChI is InChI=1S/C22H46N8O3/c1-30-13-5-12-26-16-21(29-19(31)6-2-7-20(32)33)14-24-8-3-10-27-17-22(30,23)18-28-11-4-9-25-15-21/h24-28H,2-18,23H2,1H3,(H,29,31)(H,32,33). The van der Waals surface area contributed by atoms with E-state index in [0.717, 1.165) is 71.6 Å². The summed E-state index contributed by atoms with van der Waals surface area (Å²) < 4.78 is 0. The molecule has 0 aromatic heterocycles. The van der Waals surface area contributed by atoms with Crippen LogP contribution in [0.5, 0.6) is 0 Å². The molecule has 9 N–H and O–H groups in total. The highest BCUT2D eigenvalue weighted by atomic mass is 16.4. The molecule has 0 radical (unpaired) electrons. The van der Waals surface area contributed by atoms with E-state index in [0.29, 0.717) is 26.1 Å². The molecular formula is C22H46N8O3. The summed E-state index contributed by atoms with van der Waals surface area (Å²) in [6.45, 7) is 8.42. The maximum atomic E-state index is 12.7. The minimum atomic E-state index is -0.873. The molecule has 2 bridgehead atoms. The number of carbonyl (C=O) groups excluding carboxylic acids is 1. The fourth-order valence-corrected chi connectivity index (χ4v) is 4.34. The molecule has 2 heterocycles. The predicted octanol–water partition coefficient (Wildman–Crippen LogP) is -2.17. The van der Waals surface area contributed by atoms with E-state index in [-0.39, 0.29) is 18.7 Å². The minimum Gasteiger partial charge on any atom is -0.481 e. The van der Waals surface area contributed by atoms with Gasteiger partial charge in [0.25, 0.3) is 0 Å². The highest BCUT2D eigenvalue weighted by Gasteiger charge is 2.32. The van der Waals surface area contributed by atoms with Crippen LogP contribution in [0.2, 0.25) is 0 Å². The summed E-state index contributed by atoms with van der Waals surface area (Å²) in [6, 6.07) is 0. The van der Waals surface area contributed by atoms with Crippen molar-refractivity contribution in [3.05, 3.63) is 0 Å². The molecule has 0 unspecified atom stereocenters. The topological polar surface area (TPSA) is 156 Å². The molecule has 2 fully saturated rings. The normalized spacial score (nSPS) is 29.9. The summed E-state index contributed by atoms with van der Waals surface area (Å²) in [5, 5.41) is 29.8. The first-order valence-corrected chi connectivity index (χ1v) is 12.4. The number of nitrogens with two attached hydrogens (primary N) is 1. The van der Waals surface area contributed by atoms with E-state index >= 15 is 0 Å². The minimum absolute atomic E-state index is 0.00528. The molecule has 2 saturated heterocycles. The SMILES string of the molecule is CN1CCCNCC2(NC(=O)CCCC(=O)O)CNCCCNCC1(N)CNCCCNC2. The molecule has 0 spiro atoms. The van der Waals surface area contributed by atoms with E-state index in [1.54, 1.807) is 0 Å². The van der Waals surface area contributed by atoms with Crippen molar-refractivity contribution in [1.29, 1.82) is 0 Å². The average Bonchev–Trinajstić information content (AvgIpc) is 2.76. The second-order valence-electron chi connectivity index (χ2n) is 9.55. The maximum Gasteiger partial charge on any atom is 0.303 e. The lowest BCUT2D eigenvalue weighted by atomic mass is 9.97. The van der Waals surface area contributed by atoms with Crippen LogP contribution in [0, 0.1) is 0 Å². The van der Waals surface area contributed by atoms with Crippen LogP contribution in [0.3, 0.4) is 0 Å². The first-order valence-electron chi connectivity index (χ1n) is 12.4. The molecule has 0 atom stereocenters. The van der Waals surface area contributed by atoms with E-state index < -0.39 is 17.2 Å². The fraction of sp³-hybridized carbons (Fsp3) is 0.909. The third-order valence-electron chi connectivity index (χ3n) is 6.47. The molecule has 0 aliphatic carbocycles. The summed E-state index contributed by atoms with van der Waals surface area (Å²) in [5.41, 5.74) is 5.86. The Morgan fingerprint density at radius 3 is 1.85 bits per heavy atom. The number of fused-ring (bicyclic) bond motifs is 7. The van der Waals surface area contributed by atoms with Crippen molar-refractivity contribution in [3.8, 4) is 0 Å². The quantitative estimate of drug-likeness (QED) is 0.222. The fourth-order valence-electron chi connectivity index (χ4n) is 4.34.